The van der Waals surface area contributed by atoms with Crippen LogP contribution < -0.4 is 0 Å². The number of hydrogen-bond acceptors (Lipinski definition) is 2. The molecule has 0 aliphatic rings. The van der Waals surface area contributed by atoms with Gasteiger partial charge in [-0.3, -0.25) is 4.79 Å². The van der Waals surface area contributed by atoms with Crippen molar-refractivity contribution in [3.63, 3.8) is 0 Å². The Hall–Kier alpha value is -0.960. The third kappa shape index (κ3) is 4.43. The Morgan fingerprint density at radius 1 is 1.24 bits per heavy atom. The van der Waals surface area contributed by atoms with Gasteiger partial charge in [-0.1, -0.05) is 44.2 Å². The van der Waals surface area contributed by atoms with Crippen molar-refractivity contribution in [2.45, 2.75) is 43.6 Å². The number of thioether (sulfide) groups is 1. The summed E-state index contributed by atoms with van der Waals surface area (Å²) in [4.78, 5) is 10.9. The van der Waals surface area contributed by atoms with Gasteiger partial charge in [0.15, 0.2) is 0 Å². The van der Waals surface area contributed by atoms with Crippen molar-refractivity contribution in [2.75, 3.05) is 0 Å². The molecule has 0 spiro atoms. The second-order valence-electron chi connectivity index (χ2n) is 4.23. The van der Waals surface area contributed by atoms with Crippen LogP contribution in [0, 0.1) is 0 Å². The molecule has 0 heterocycles. The van der Waals surface area contributed by atoms with Gasteiger partial charge in [-0.05, 0) is 18.4 Å². The van der Waals surface area contributed by atoms with Gasteiger partial charge in [-0.25, -0.2) is 0 Å². The maximum Gasteiger partial charge on any atom is 0.304 e. The van der Waals surface area contributed by atoms with E-state index in [2.05, 4.69) is 26.0 Å². The Bertz CT molecular complexity index is 344. The number of carboxylic acid groups (broad SMARTS) is 1. The van der Waals surface area contributed by atoms with Crippen LogP contribution in [-0.4, -0.2) is 15.8 Å². The Morgan fingerprint density at radius 3 is 2.29 bits per heavy atom. The standard InChI is InChI=1S/C14H20O2S/c1-3-14(4-2,10-13(15)16)17-11-12-8-6-5-7-9-12/h5-9H,3-4,10-11H2,1-2H3,(H,15,16). The molecule has 2 nitrogen and oxygen atoms in total. The van der Waals surface area contributed by atoms with Crippen LogP contribution in [0.5, 0.6) is 0 Å². The summed E-state index contributed by atoms with van der Waals surface area (Å²) in [6.07, 6.45) is 2.04. The molecule has 0 aliphatic carbocycles. The van der Waals surface area contributed by atoms with E-state index in [1.807, 2.05) is 18.2 Å². The molecule has 1 N–H and O–H groups in total. The maximum atomic E-state index is 10.9. The average Bonchev–Trinajstić information content (AvgIpc) is 2.35. The van der Waals surface area contributed by atoms with E-state index in [4.69, 9.17) is 5.11 Å². The van der Waals surface area contributed by atoms with Crippen molar-refractivity contribution in [1.82, 2.24) is 0 Å². The van der Waals surface area contributed by atoms with Gasteiger partial charge in [0.2, 0.25) is 0 Å². The summed E-state index contributed by atoms with van der Waals surface area (Å²) in [6, 6.07) is 10.2. The zero-order valence-corrected chi connectivity index (χ0v) is 11.3. The minimum absolute atomic E-state index is 0.123. The van der Waals surface area contributed by atoms with E-state index in [9.17, 15) is 4.79 Å². The fourth-order valence-electron chi connectivity index (χ4n) is 1.84. The molecule has 0 amide bonds. The first-order valence-electron chi connectivity index (χ1n) is 6.01. The lowest BCUT2D eigenvalue weighted by Gasteiger charge is -2.29. The number of hydrogen-bond donors (Lipinski definition) is 1. The summed E-state index contributed by atoms with van der Waals surface area (Å²) in [5, 5.41) is 9.00. The van der Waals surface area contributed by atoms with E-state index < -0.39 is 5.97 Å². The number of carboxylic acids is 1. The number of rotatable bonds is 7. The van der Waals surface area contributed by atoms with Gasteiger partial charge in [-0.2, -0.15) is 0 Å². The highest BCUT2D eigenvalue weighted by Crippen LogP contribution is 2.38. The average molecular weight is 252 g/mol. The molecule has 3 heteroatoms. The molecule has 94 valence electrons. The number of benzene rings is 1. The molecule has 1 rings (SSSR count). The van der Waals surface area contributed by atoms with Crippen LogP contribution in [-0.2, 0) is 10.5 Å². The summed E-state index contributed by atoms with van der Waals surface area (Å²) in [5.41, 5.74) is 1.26. The summed E-state index contributed by atoms with van der Waals surface area (Å²) in [6.45, 7) is 4.15. The SMILES string of the molecule is CCC(CC)(CC(=O)O)SCc1ccccc1. The molecule has 0 aliphatic heterocycles. The molecular formula is C14H20O2S. The van der Waals surface area contributed by atoms with E-state index in [0.29, 0.717) is 0 Å². The topological polar surface area (TPSA) is 37.3 Å². The van der Waals surface area contributed by atoms with Gasteiger partial charge in [0, 0.05) is 10.5 Å². The van der Waals surface area contributed by atoms with Gasteiger partial charge < -0.3 is 5.11 Å². The van der Waals surface area contributed by atoms with Crippen molar-refractivity contribution >= 4 is 17.7 Å². The third-order valence-electron chi connectivity index (χ3n) is 3.15. The van der Waals surface area contributed by atoms with Crippen LogP contribution in [0.2, 0.25) is 0 Å². The van der Waals surface area contributed by atoms with E-state index in [-0.39, 0.29) is 11.2 Å². The smallest absolute Gasteiger partial charge is 0.304 e. The van der Waals surface area contributed by atoms with E-state index in [1.165, 1.54) is 5.56 Å². The van der Waals surface area contributed by atoms with Crippen LogP contribution in [0.4, 0.5) is 0 Å². The highest BCUT2D eigenvalue weighted by atomic mass is 32.2. The summed E-state index contributed by atoms with van der Waals surface area (Å²) in [5.74, 6) is 0.185. The van der Waals surface area contributed by atoms with Gasteiger partial charge >= 0.3 is 5.97 Å². The Balaban J connectivity index is 2.64. The summed E-state index contributed by atoms with van der Waals surface area (Å²) in [7, 11) is 0. The van der Waals surface area contributed by atoms with E-state index in [0.717, 1.165) is 18.6 Å². The third-order valence-corrected chi connectivity index (χ3v) is 4.96. The molecule has 0 aromatic heterocycles. The fraction of sp³-hybridized carbons (Fsp3) is 0.500. The maximum absolute atomic E-state index is 10.9. The quantitative estimate of drug-likeness (QED) is 0.798. The number of carbonyl (C=O) groups is 1. The highest BCUT2D eigenvalue weighted by Gasteiger charge is 2.29. The van der Waals surface area contributed by atoms with Crippen molar-refractivity contribution in [1.29, 1.82) is 0 Å². The summed E-state index contributed by atoms with van der Waals surface area (Å²) < 4.78 is -0.123. The second-order valence-corrected chi connectivity index (χ2v) is 5.68. The second kappa shape index (κ2) is 6.70. The Kier molecular flexibility index (Phi) is 5.56. The largest absolute Gasteiger partial charge is 0.481 e. The molecule has 0 bridgehead atoms. The molecule has 0 saturated carbocycles. The van der Waals surface area contributed by atoms with E-state index in [1.54, 1.807) is 11.8 Å². The molecule has 0 saturated heterocycles. The molecular weight excluding hydrogens is 232 g/mol. The Labute approximate surface area is 107 Å². The van der Waals surface area contributed by atoms with Crippen LogP contribution >= 0.6 is 11.8 Å². The monoisotopic (exact) mass is 252 g/mol. The summed E-state index contributed by atoms with van der Waals surface area (Å²) >= 11 is 1.77. The Morgan fingerprint density at radius 2 is 1.82 bits per heavy atom. The predicted octanol–water partition coefficient (Wildman–Crippen LogP) is 3.95. The molecule has 0 unspecified atom stereocenters. The van der Waals surface area contributed by atoms with Crippen molar-refractivity contribution in [2.24, 2.45) is 0 Å². The van der Waals surface area contributed by atoms with Crippen LogP contribution in [0.25, 0.3) is 0 Å². The molecule has 1 aromatic carbocycles. The van der Waals surface area contributed by atoms with Gasteiger partial charge in [-0.15, -0.1) is 11.8 Å². The normalized spacial score (nSPS) is 11.4. The van der Waals surface area contributed by atoms with Gasteiger partial charge in [0.1, 0.15) is 0 Å². The lowest BCUT2D eigenvalue weighted by atomic mass is 9.98. The zero-order chi connectivity index (χ0) is 12.7. The first-order valence-corrected chi connectivity index (χ1v) is 7.00. The van der Waals surface area contributed by atoms with E-state index >= 15 is 0 Å². The van der Waals surface area contributed by atoms with Crippen molar-refractivity contribution < 1.29 is 9.90 Å². The molecule has 0 fully saturated rings. The fourth-order valence-corrected chi connectivity index (χ4v) is 3.14. The molecule has 0 radical (unpaired) electrons. The van der Waals surface area contributed by atoms with Crippen molar-refractivity contribution in [3.8, 4) is 0 Å². The van der Waals surface area contributed by atoms with Crippen LogP contribution in [0.15, 0.2) is 30.3 Å². The van der Waals surface area contributed by atoms with Gasteiger partial charge in [0.25, 0.3) is 0 Å². The molecule has 0 atom stereocenters. The lowest BCUT2D eigenvalue weighted by molar-refractivity contribution is -0.137. The first kappa shape index (κ1) is 14.1. The van der Waals surface area contributed by atoms with Crippen LogP contribution in [0.1, 0.15) is 38.7 Å². The first-order chi connectivity index (χ1) is 8.12. The van der Waals surface area contributed by atoms with Gasteiger partial charge in [0.05, 0.1) is 6.42 Å². The van der Waals surface area contributed by atoms with Crippen LogP contribution in [0.3, 0.4) is 0 Å². The number of aliphatic carboxylic acids is 1. The minimum Gasteiger partial charge on any atom is -0.481 e. The highest BCUT2D eigenvalue weighted by molar-refractivity contribution is 7.99. The zero-order valence-electron chi connectivity index (χ0n) is 10.5. The predicted molar refractivity (Wildman–Crippen MR) is 73.3 cm³/mol. The molecule has 17 heavy (non-hydrogen) atoms. The van der Waals surface area contributed by atoms with Crippen molar-refractivity contribution in [3.05, 3.63) is 35.9 Å². The minimum atomic E-state index is -0.700. The molecule has 1 aromatic rings. The lowest BCUT2D eigenvalue weighted by Crippen LogP contribution is -2.26.